The maximum atomic E-state index is 14.4. The number of rotatable bonds is 5. The number of carbonyl (C=O) groups is 1. The van der Waals surface area contributed by atoms with Crippen molar-refractivity contribution in [3.63, 3.8) is 0 Å². The first-order valence-corrected chi connectivity index (χ1v) is 10.1. The van der Waals surface area contributed by atoms with Crippen LogP contribution in [0.15, 0.2) is 54.7 Å². The van der Waals surface area contributed by atoms with E-state index < -0.39 is 23.8 Å². The lowest BCUT2D eigenvalue weighted by molar-refractivity contribution is 0.0963. The summed E-state index contributed by atoms with van der Waals surface area (Å²) < 4.78 is 34.2. The molecule has 10 nitrogen and oxygen atoms in total. The summed E-state index contributed by atoms with van der Waals surface area (Å²) in [5.74, 6) is -1.95. The largest absolute Gasteiger partial charge is 0.441 e. The predicted molar refractivity (Wildman–Crippen MR) is 117 cm³/mol. The quantitative estimate of drug-likeness (QED) is 0.460. The zero-order chi connectivity index (χ0) is 23.8. The van der Waals surface area contributed by atoms with E-state index in [1.165, 1.54) is 17.0 Å². The smallest absolute Gasteiger partial charge is 0.414 e. The first-order chi connectivity index (χ1) is 16.5. The van der Waals surface area contributed by atoms with Gasteiger partial charge in [-0.25, -0.2) is 18.6 Å². The molecule has 0 radical (unpaired) electrons. The van der Waals surface area contributed by atoms with Gasteiger partial charge in [0.05, 0.1) is 18.7 Å². The number of cyclic esters (lactones) is 1. The number of anilines is 2. The minimum atomic E-state index is -1.10. The third-order valence-electron chi connectivity index (χ3n) is 5.38. The van der Waals surface area contributed by atoms with Gasteiger partial charge in [-0.15, -0.1) is 5.10 Å². The number of nitrogens with zero attached hydrogens (tertiary/aromatic N) is 6. The van der Waals surface area contributed by atoms with Crippen LogP contribution in [0.5, 0.6) is 0 Å². The molecule has 5 rings (SSSR count). The Kier molecular flexibility index (Phi) is 5.34. The Hall–Kier alpha value is -4.45. The van der Waals surface area contributed by atoms with Gasteiger partial charge in [-0.1, -0.05) is 18.2 Å². The molecule has 1 aliphatic rings. The Labute approximate surface area is 191 Å². The molecule has 0 bridgehead atoms. The number of amides is 1. The molecule has 172 valence electrons. The Morgan fingerprint density at radius 2 is 1.94 bits per heavy atom. The number of halogens is 2. The lowest BCUT2D eigenvalue weighted by Crippen LogP contribution is -2.25. The molecule has 34 heavy (non-hydrogen) atoms. The summed E-state index contributed by atoms with van der Waals surface area (Å²) in [5.41, 5.74) is 8.22. The monoisotopic (exact) mass is 465 g/mol. The maximum absolute atomic E-state index is 14.4. The molecule has 1 fully saturated rings. The number of aliphatic hydroxyl groups excluding tert-OH is 1. The second-order valence-corrected chi connectivity index (χ2v) is 7.49. The average molecular weight is 465 g/mol. The lowest BCUT2D eigenvalue weighted by Gasteiger charge is -2.14. The number of benzene rings is 2. The number of nitrogen functional groups attached to an aromatic ring is 1. The number of tetrazole rings is 1. The highest BCUT2D eigenvalue weighted by atomic mass is 19.2. The third kappa shape index (κ3) is 3.69. The molecule has 2 aromatic heterocycles. The minimum Gasteiger partial charge on any atom is -0.441 e. The van der Waals surface area contributed by atoms with Crippen molar-refractivity contribution in [2.75, 3.05) is 23.8 Å². The fourth-order valence-corrected chi connectivity index (χ4v) is 3.65. The van der Waals surface area contributed by atoms with Gasteiger partial charge in [0.2, 0.25) is 0 Å². The van der Waals surface area contributed by atoms with E-state index >= 15 is 0 Å². The highest BCUT2D eigenvalue weighted by Gasteiger charge is 2.31. The normalized spacial score (nSPS) is 15.6. The van der Waals surface area contributed by atoms with Crippen molar-refractivity contribution in [1.29, 1.82) is 0 Å². The second kappa shape index (κ2) is 8.48. The molecule has 0 saturated carbocycles. The molecule has 1 saturated heterocycles. The van der Waals surface area contributed by atoms with Crippen molar-refractivity contribution < 1.29 is 23.4 Å². The van der Waals surface area contributed by atoms with Gasteiger partial charge in [0.15, 0.2) is 17.5 Å². The van der Waals surface area contributed by atoms with E-state index in [-0.39, 0.29) is 30.5 Å². The average Bonchev–Trinajstić information content (AvgIpc) is 3.48. The van der Waals surface area contributed by atoms with Crippen LogP contribution in [0.4, 0.5) is 25.1 Å². The lowest BCUT2D eigenvalue weighted by atomic mass is 10.0. The summed E-state index contributed by atoms with van der Waals surface area (Å²) in [6.07, 6.45) is 0.459. The standard InChI is InChI=1S/C22H17F2N7O3/c23-17-2-1-3-18(19(17)24)31-21(27-28-29-31)16-8-13(9-26-20(16)25)12-4-6-14(7-5-12)30-10-15(11-32)34-22(30)33/h1-9,15,32H,10-11H2,(H2,25,26). The van der Waals surface area contributed by atoms with Crippen LogP contribution in [-0.4, -0.2) is 55.6 Å². The Balaban J connectivity index is 1.49. The van der Waals surface area contributed by atoms with E-state index in [0.717, 1.165) is 16.3 Å². The van der Waals surface area contributed by atoms with Crippen LogP contribution < -0.4 is 10.6 Å². The topological polar surface area (TPSA) is 132 Å². The SMILES string of the molecule is Nc1ncc(-c2ccc(N3CC(CO)OC3=O)cc2)cc1-c1nnnn1-c1cccc(F)c1F. The Morgan fingerprint density at radius 3 is 2.68 bits per heavy atom. The fourth-order valence-electron chi connectivity index (χ4n) is 3.65. The molecule has 1 atom stereocenters. The summed E-state index contributed by atoms with van der Waals surface area (Å²) in [6.45, 7) is 0.000752. The van der Waals surface area contributed by atoms with Gasteiger partial charge < -0.3 is 15.6 Å². The number of carbonyl (C=O) groups excluding carboxylic acids is 1. The van der Waals surface area contributed by atoms with Gasteiger partial charge in [-0.05, 0) is 46.3 Å². The van der Waals surface area contributed by atoms with Crippen molar-refractivity contribution in [1.82, 2.24) is 25.2 Å². The predicted octanol–water partition coefficient (Wildman–Crippen LogP) is 2.57. The summed E-state index contributed by atoms with van der Waals surface area (Å²) in [5, 5.41) is 20.5. The van der Waals surface area contributed by atoms with E-state index in [1.807, 2.05) is 0 Å². The van der Waals surface area contributed by atoms with Crippen LogP contribution in [0.2, 0.25) is 0 Å². The molecule has 0 aliphatic carbocycles. The van der Waals surface area contributed by atoms with E-state index in [1.54, 1.807) is 36.5 Å². The fraction of sp³-hybridized carbons (Fsp3) is 0.136. The van der Waals surface area contributed by atoms with Crippen LogP contribution in [0.25, 0.3) is 28.2 Å². The number of ether oxygens (including phenoxy) is 1. The highest BCUT2D eigenvalue weighted by molar-refractivity contribution is 5.90. The number of hydrogen-bond donors (Lipinski definition) is 2. The maximum Gasteiger partial charge on any atom is 0.414 e. The molecule has 1 amide bonds. The minimum absolute atomic E-state index is 0.0860. The number of nitrogens with two attached hydrogens (primary N) is 1. The van der Waals surface area contributed by atoms with Crippen molar-refractivity contribution >= 4 is 17.6 Å². The number of aliphatic hydroxyl groups is 1. The second-order valence-electron chi connectivity index (χ2n) is 7.49. The number of aromatic nitrogens is 5. The third-order valence-corrected chi connectivity index (χ3v) is 5.38. The van der Waals surface area contributed by atoms with Crippen LogP contribution in [0, 0.1) is 11.6 Å². The van der Waals surface area contributed by atoms with Crippen molar-refractivity contribution in [3.8, 4) is 28.2 Å². The van der Waals surface area contributed by atoms with Gasteiger partial charge in [-0.3, -0.25) is 4.90 Å². The zero-order valence-corrected chi connectivity index (χ0v) is 17.5. The van der Waals surface area contributed by atoms with Gasteiger partial charge in [0.25, 0.3) is 0 Å². The van der Waals surface area contributed by atoms with Crippen LogP contribution in [-0.2, 0) is 4.74 Å². The zero-order valence-electron chi connectivity index (χ0n) is 17.5. The molecule has 4 aromatic rings. The summed E-state index contributed by atoms with van der Waals surface area (Å²) in [4.78, 5) is 17.6. The Morgan fingerprint density at radius 1 is 1.15 bits per heavy atom. The molecular weight excluding hydrogens is 448 g/mol. The number of hydrogen-bond acceptors (Lipinski definition) is 8. The molecule has 0 spiro atoms. The van der Waals surface area contributed by atoms with Gasteiger partial charge in [0.1, 0.15) is 17.6 Å². The molecule has 1 aliphatic heterocycles. The van der Waals surface area contributed by atoms with Gasteiger partial charge in [0, 0.05) is 17.4 Å². The molecule has 3 N–H and O–H groups in total. The van der Waals surface area contributed by atoms with E-state index in [9.17, 15) is 18.7 Å². The molecular formula is C22H17F2N7O3. The van der Waals surface area contributed by atoms with Crippen molar-refractivity contribution in [3.05, 3.63) is 66.4 Å². The van der Waals surface area contributed by atoms with Crippen molar-refractivity contribution in [2.45, 2.75) is 6.10 Å². The molecule has 2 aromatic carbocycles. The summed E-state index contributed by atoms with van der Waals surface area (Å²) in [7, 11) is 0. The van der Waals surface area contributed by atoms with Crippen LogP contribution in [0.3, 0.4) is 0 Å². The molecule has 12 heteroatoms. The molecule has 3 heterocycles. The van der Waals surface area contributed by atoms with Crippen LogP contribution >= 0.6 is 0 Å². The number of pyridine rings is 1. The van der Waals surface area contributed by atoms with Crippen LogP contribution in [0.1, 0.15) is 0 Å². The summed E-state index contributed by atoms with van der Waals surface area (Å²) >= 11 is 0. The Bertz CT molecular complexity index is 1380. The first kappa shape index (κ1) is 21.4. The van der Waals surface area contributed by atoms with E-state index in [2.05, 4.69) is 20.5 Å². The molecule has 1 unspecified atom stereocenters. The van der Waals surface area contributed by atoms with Crippen molar-refractivity contribution in [2.24, 2.45) is 0 Å². The van der Waals surface area contributed by atoms with Gasteiger partial charge in [-0.2, -0.15) is 4.68 Å². The summed E-state index contributed by atoms with van der Waals surface area (Å²) in [6, 6.07) is 12.4. The van der Waals surface area contributed by atoms with Gasteiger partial charge >= 0.3 is 6.09 Å². The first-order valence-electron chi connectivity index (χ1n) is 10.1. The van der Waals surface area contributed by atoms with E-state index in [0.29, 0.717) is 16.8 Å². The van der Waals surface area contributed by atoms with E-state index in [4.69, 9.17) is 10.5 Å². The highest BCUT2D eigenvalue weighted by Crippen LogP contribution is 2.31.